The number of rotatable bonds is 4. The summed E-state index contributed by atoms with van der Waals surface area (Å²) in [6.07, 6.45) is 4.39. The summed E-state index contributed by atoms with van der Waals surface area (Å²) in [6, 6.07) is 0. The van der Waals surface area contributed by atoms with Crippen molar-refractivity contribution in [3.63, 3.8) is 0 Å². The molecule has 0 bridgehead atoms. The van der Waals surface area contributed by atoms with Crippen LogP contribution in [0.25, 0.3) is 0 Å². The number of aliphatic hydroxyl groups excluding tert-OH is 1. The number of carbonyl (C=O) groups excluding carboxylic acids is 1. The van der Waals surface area contributed by atoms with Crippen molar-refractivity contribution < 1.29 is 20.1 Å². The highest BCUT2D eigenvalue weighted by molar-refractivity contribution is 5.96. The normalized spacial score (nSPS) is 28.4. The first-order valence-electron chi connectivity index (χ1n) is 6.55. The van der Waals surface area contributed by atoms with E-state index in [1.807, 2.05) is 0 Å². The number of hydrogen-bond acceptors (Lipinski definition) is 4. The Morgan fingerprint density at radius 3 is 2.47 bits per heavy atom. The fourth-order valence-corrected chi connectivity index (χ4v) is 2.27. The lowest BCUT2D eigenvalue weighted by Gasteiger charge is -2.36. The standard InChI is InChI=1S/C15H24O4/c1-10-8-13(17)11(9-12(10)16)15(4,19)7-5-6-14(2,3)18/h5-6,8,11,13,17-19H,7,9H2,1-4H3/b6-5+/t11-,13+,15+/m0/s1. The zero-order chi connectivity index (χ0) is 14.8. The molecule has 0 saturated carbocycles. The average molecular weight is 268 g/mol. The predicted molar refractivity (Wildman–Crippen MR) is 73.6 cm³/mol. The quantitative estimate of drug-likeness (QED) is 0.673. The van der Waals surface area contributed by atoms with Gasteiger partial charge < -0.3 is 15.3 Å². The van der Waals surface area contributed by atoms with Crippen LogP contribution in [0, 0.1) is 5.92 Å². The minimum Gasteiger partial charge on any atom is -0.389 e. The molecule has 1 aliphatic carbocycles. The second-order valence-corrected chi connectivity index (χ2v) is 6.19. The summed E-state index contributed by atoms with van der Waals surface area (Å²) in [5, 5.41) is 30.0. The molecule has 0 amide bonds. The van der Waals surface area contributed by atoms with Gasteiger partial charge in [0.25, 0.3) is 0 Å². The van der Waals surface area contributed by atoms with Crippen LogP contribution in [0.5, 0.6) is 0 Å². The lowest BCUT2D eigenvalue weighted by molar-refractivity contribution is -0.123. The first-order valence-corrected chi connectivity index (χ1v) is 6.55. The molecule has 0 saturated heterocycles. The molecule has 0 aromatic heterocycles. The van der Waals surface area contributed by atoms with Gasteiger partial charge >= 0.3 is 0 Å². The van der Waals surface area contributed by atoms with Crippen molar-refractivity contribution in [2.45, 2.75) is 57.8 Å². The van der Waals surface area contributed by atoms with Gasteiger partial charge in [0, 0.05) is 12.3 Å². The molecule has 0 fully saturated rings. The third kappa shape index (κ3) is 4.56. The van der Waals surface area contributed by atoms with Crippen molar-refractivity contribution in [1.29, 1.82) is 0 Å². The molecule has 3 atom stereocenters. The maximum Gasteiger partial charge on any atom is 0.158 e. The third-order valence-electron chi connectivity index (χ3n) is 3.53. The van der Waals surface area contributed by atoms with Gasteiger partial charge in [-0.1, -0.05) is 12.2 Å². The third-order valence-corrected chi connectivity index (χ3v) is 3.53. The molecule has 1 rings (SSSR count). The Morgan fingerprint density at radius 2 is 1.95 bits per heavy atom. The van der Waals surface area contributed by atoms with Crippen molar-refractivity contribution >= 4 is 5.78 Å². The first-order chi connectivity index (χ1) is 8.53. The van der Waals surface area contributed by atoms with Crippen molar-refractivity contribution in [2.24, 2.45) is 5.92 Å². The number of Topliss-reactive ketones (excluding diaryl/α,β-unsaturated/α-hetero) is 1. The van der Waals surface area contributed by atoms with Gasteiger partial charge in [-0.25, -0.2) is 0 Å². The van der Waals surface area contributed by atoms with Crippen LogP contribution in [0.15, 0.2) is 23.8 Å². The maximum atomic E-state index is 11.7. The van der Waals surface area contributed by atoms with Gasteiger partial charge in [-0.2, -0.15) is 0 Å². The monoisotopic (exact) mass is 268 g/mol. The minimum atomic E-state index is -1.19. The van der Waals surface area contributed by atoms with Crippen LogP contribution in [-0.2, 0) is 4.79 Å². The second-order valence-electron chi connectivity index (χ2n) is 6.19. The molecule has 3 N–H and O–H groups in total. The Morgan fingerprint density at radius 1 is 1.37 bits per heavy atom. The summed E-state index contributed by atoms with van der Waals surface area (Å²) >= 11 is 0. The van der Waals surface area contributed by atoms with Crippen LogP contribution in [0.4, 0.5) is 0 Å². The molecule has 4 heteroatoms. The van der Waals surface area contributed by atoms with E-state index in [1.165, 1.54) is 6.08 Å². The van der Waals surface area contributed by atoms with E-state index in [0.717, 1.165) is 0 Å². The van der Waals surface area contributed by atoms with Gasteiger partial charge in [-0.3, -0.25) is 4.79 Å². The van der Waals surface area contributed by atoms with Crippen LogP contribution in [-0.4, -0.2) is 38.4 Å². The first kappa shape index (κ1) is 16.1. The lowest BCUT2D eigenvalue weighted by Crippen LogP contribution is -2.44. The Kier molecular flexibility index (Phi) is 4.72. The van der Waals surface area contributed by atoms with Gasteiger partial charge in [0.2, 0.25) is 0 Å². The molecule has 0 radical (unpaired) electrons. The van der Waals surface area contributed by atoms with E-state index in [9.17, 15) is 20.1 Å². The van der Waals surface area contributed by atoms with Crippen LogP contribution in [0.1, 0.15) is 40.5 Å². The molecule has 0 aromatic carbocycles. The summed E-state index contributed by atoms with van der Waals surface area (Å²) in [6.45, 7) is 6.56. The molecule has 1 aliphatic rings. The van der Waals surface area contributed by atoms with E-state index in [4.69, 9.17) is 0 Å². The van der Waals surface area contributed by atoms with E-state index >= 15 is 0 Å². The van der Waals surface area contributed by atoms with Gasteiger partial charge in [0.15, 0.2) is 5.78 Å². The summed E-state index contributed by atoms with van der Waals surface area (Å²) in [5.74, 6) is -0.558. The number of aliphatic hydroxyl groups is 3. The summed E-state index contributed by atoms with van der Waals surface area (Å²) in [7, 11) is 0. The van der Waals surface area contributed by atoms with Crippen molar-refractivity contribution in [2.75, 3.05) is 0 Å². The highest BCUT2D eigenvalue weighted by atomic mass is 16.3. The van der Waals surface area contributed by atoms with E-state index in [2.05, 4.69) is 0 Å². The highest BCUT2D eigenvalue weighted by Crippen LogP contribution is 2.33. The van der Waals surface area contributed by atoms with E-state index in [0.29, 0.717) is 5.57 Å². The van der Waals surface area contributed by atoms with E-state index in [1.54, 1.807) is 39.8 Å². The highest BCUT2D eigenvalue weighted by Gasteiger charge is 2.39. The van der Waals surface area contributed by atoms with Gasteiger partial charge in [0.05, 0.1) is 17.3 Å². The van der Waals surface area contributed by atoms with E-state index in [-0.39, 0.29) is 18.6 Å². The smallest absolute Gasteiger partial charge is 0.158 e. The van der Waals surface area contributed by atoms with E-state index < -0.39 is 23.2 Å². The number of ketones is 1. The summed E-state index contributed by atoms with van der Waals surface area (Å²) in [5.41, 5.74) is -1.58. The Labute approximate surface area is 114 Å². The number of allylic oxidation sites excluding steroid dienone is 1. The van der Waals surface area contributed by atoms with Crippen LogP contribution >= 0.6 is 0 Å². The molecule has 108 valence electrons. The van der Waals surface area contributed by atoms with Crippen molar-refractivity contribution in [1.82, 2.24) is 0 Å². The molecule has 0 spiro atoms. The summed E-state index contributed by atoms with van der Waals surface area (Å²) < 4.78 is 0. The fourth-order valence-electron chi connectivity index (χ4n) is 2.27. The van der Waals surface area contributed by atoms with Gasteiger partial charge in [0.1, 0.15) is 0 Å². The number of carbonyl (C=O) groups is 1. The maximum absolute atomic E-state index is 11.7. The molecular formula is C15H24O4. The molecule has 19 heavy (non-hydrogen) atoms. The zero-order valence-electron chi connectivity index (χ0n) is 12.1. The lowest BCUT2D eigenvalue weighted by atomic mass is 9.75. The van der Waals surface area contributed by atoms with Crippen LogP contribution in [0.2, 0.25) is 0 Å². The Balaban J connectivity index is 2.78. The Hall–Kier alpha value is -0.970. The Bertz CT molecular complexity index is 399. The molecule has 0 unspecified atom stereocenters. The molecule has 0 aromatic rings. The molecule has 0 heterocycles. The van der Waals surface area contributed by atoms with Crippen LogP contribution < -0.4 is 0 Å². The topological polar surface area (TPSA) is 77.8 Å². The largest absolute Gasteiger partial charge is 0.389 e. The minimum absolute atomic E-state index is 0.0398. The SMILES string of the molecule is CC1=C[C@@H](O)[C@@H]([C@](C)(O)C/C=C/C(C)(C)O)CC1=O. The fraction of sp³-hybridized carbons (Fsp3) is 0.667. The van der Waals surface area contributed by atoms with Crippen LogP contribution in [0.3, 0.4) is 0 Å². The second kappa shape index (κ2) is 5.57. The zero-order valence-corrected chi connectivity index (χ0v) is 12.1. The van der Waals surface area contributed by atoms with Gasteiger partial charge in [-0.15, -0.1) is 0 Å². The van der Waals surface area contributed by atoms with Gasteiger partial charge in [-0.05, 0) is 45.8 Å². The molecule has 0 aliphatic heterocycles. The number of hydrogen-bond donors (Lipinski definition) is 3. The molecular weight excluding hydrogens is 244 g/mol. The average Bonchev–Trinajstić information content (AvgIpc) is 2.20. The van der Waals surface area contributed by atoms with Crippen molar-refractivity contribution in [3.05, 3.63) is 23.8 Å². The summed E-state index contributed by atoms with van der Waals surface area (Å²) in [4.78, 5) is 11.7. The van der Waals surface area contributed by atoms with Crippen molar-refractivity contribution in [3.8, 4) is 0 Å². The molecule has 4 nitrogen and oxygen atoms in total. The predicted octanol–water partition coefficient (Wildman–Crippen LogP) is 1.35.